The summed E-state index contributed by atoms with van der Waals surface area (Å²) in [4.78, 5) is 14.1. The summed E-state index contributed by atoms with van der Waals surface area (Å²) >= 11 is 3.41. The lowest BCUT2D eigenvalue weighted by molar-refractivity contribution is 0.0784. The van der Waals surface area contributed by atoms with E-state index in [2.05, 4.69) is 15.9 Å². The maximum absolute atomic E-state index is 12.4. The van der Waals surface area contributed by atoms with Gasteiger partial charge in [-0.2, -0.15) is 0 Å². The lowest BCUT2D eigenvalue weighted by Crippen LogP contribution is -2.26. The molecular weight excluding hydrogens is 318 g/mol. The standard InChI is InChI=1S/C16H16BrNO2/c1-11-6-7-15(17)14(8-11)16(20)18(2)10-12-4-3-5-13(19)9-12/h3-9,19H,10H2,1-2H3. The third-order valence-electron chi connectivity index (χ3n) is 3.03. The van der Waals surface area contributed by atoms with Crippen molar-refractivity contribution in [3.8, 4) is 5.75 Å². The number of carbonyl (C=O) groups excluding carboxylic acids is 1. The van der Waals surface area contributed by atoms with Crippen molar-refractivity contribution in [1.82, 2.24) is 4.90 Å². The topological polar surface area (TPSA) is 40.5 Å². The Bertz CT molecular complexity index is 640. The maximum Gasteiger partial charge on any atom is 0.255 e. The molecule has 0 bridgehead atoms. The van der Waals surface area contributed by atoms with Gasteiger partial charge in [0.05, 0.1) is 5.56 Å². The molecule has 0 aliphatic carbocycles. The Morgan fingerprint density at radius 2 is 2.00 bits per heavy atom. The minimum Gasteiger partial charge on any atom is -0.508 e. The lowest BCUT2D eigenvalue weighted by Gasteiger charge is -2.18. The summed E-state index contributed by atoms with van der Waals surface area (Å²) < 4.78 is 0.788. The number of aromatic hydroxyl groups is 1. The Kier molecular flexibility index (Phi) is 4.45. The molecule has 0 atom stereocenters. The van der Waals surface area contributed by atoms with Crippen molar-refractivity contribution in [3.63, 3.8) is 0 Å². The molecule has 4 heteroatoms. The zero-order chi connectivity index (χ0) is 14.7. The Hall–Kier alpha value is -1.81. The summed E-state index contributed by atoms with van der Waals surface area (Å²) in [6, 6.07) is 12.6. The summed E-state index contributed by atoms with van der Waals surface area (Å²) in [6.45, 7) is 2.41. The fourth-order valence-corrected chi connectivity index (χ4v) is 2.43. The second-order valence-electron chi connectivity index (χ2n) is 4.81. The van der Waals surface area contributed by atoms with E-state index in [9.17, 15) is 9.90 Å². The Morgan fingerprint density at radius 3 is 2.70 bits per heavy atom. The van der Waals surface area contributed by atoms with Crippen molar-refractivity contribution < 1.29 is 9.90 Å². The number of nitrogens with zero attached hydrogens (tertiary/aromatic N) is 1. The number of halogens is 1. The quantitative estimate of drug-likeness (QED) is 0.929. The summed E-state index contributed by atoms with van der Waals surface area (Å²) in [5, 5.41) is 9.45. The second kappa shape index (κ2) is 6.09. The van der Waals surface area contributed by atoms with Crippen molar-refractivity contribution >= 4 is 21.8 Å². The van der Waals surface area contributed by atoms with E-state index < -0.39 is 0 Å². The summed E-state index contributed by atoms with van der Waals surface area (Å²) in [7, 11) is 1.75. The van der Waals surface area contributed by atoms with Crippen molar-refractivity contribution in [1.29, 1.82) is 0 Å². The minimum atomic E-state index is -0.0519. The molecule has 20 heavy (non-hydrogen) atoms. The third-order valence-corrected chi connectivity index (χ3v) is 3.72. The first-order chi connectivity index (χ1) is 9.47. The molecule has 0 unspecified atom stereocenters. The van der Waals surface area contributed by atoms with Crippen LogP contribution in [0.15, 0.2) is 46.9 Å². The SMILES string of the molecule is Cc1ccc(Br)c(C(=O)N(C)Cc2cccc(O)c2)c1. The number of aryl methyl sites for hydroxylation is 1. The van der Waals surface area contributed by atoms with Crippen molar-refractivity contribution in [3.05, 3.63) is 63.6 Å². The van der Waals surface area contributed by atoms with Crippen LogP contribution in [0.5, 0.6) is 5.75 Å². The molecular formula is C16H16BrNO2. The number of phenols is 1. The Labute approximate surface area is 127 Å². The van der Waals surface area contributed by atoms with E-state index in [-0.39, 0.29) is 11.7 Å². The van der Waals surface area contributed by atoms with E-state index in [0.29, 0.717) is 12.1 Å². The van der Waals surface area contributed by atoms with Crippen LogP contribution in [0.1, 0.15) is 21.5 Å². The summed E-state index contributed by atoms with van der Waals surface area (Å²) in [5.74, 6) is 0.156. The highest BCUT2D eigenvalue weighted by molar-refractivity contribution is 9.10. The monoisotopic (exact) mass is 333 g/mol. The summed E-state index contributed by atoms with van der Waals surface area (Å²) in [6.07, 6.45) is 0. The summed E-state index contributed by atoms with van der Waals surface area (Å²) in [5.41, 5.74) is 2.58. The van der Waals surface area contributed by atoms with Gasteiger partial charge in [-0.1, -0.05) is 23.8 Å². The van der Waals surface area contributed by atoms with Gasteiger partial charge in [-0.3, -0.25) is 4.79 Å². The van der Waals surface area contributed by atoms with Gasteiger partial charge in [0, 0.05) is 18.1 Å². The molecule has 2 aromatic rings. The fraction of sp³-hybridized carbons (Fsp3) is 0.188. The number of amides is 1. The van der Waals surface area contributed by atoms with Gasteiger partial charge in [-0.25, -0.2) is 0 Å². The number of benzene rings is 2. The molecule has 0 aromatic heterocycles. The first kappa shape index (κ1) is 14.6. The van der Waals surface area contributed by atoms with Gasteiger partial charge < -0.3 is 10.0 Å². The number of rotatable bonds is 3. The third kappa shape index (κ3) is 3.39. The first-order valence-corrected chi connectivity index (χ1v) is 7.06. The average Bonchev–Trinajstić information content (AvgIpc) is 2.40. The molecule has 0 aliphatic heterocycles. The molecule has 0 aliphatic rings. The van der Waals surface area contributed by atoms with E-state index in [1.54, 1.807) is 30.1 Å². The average molecular weight is 334 g/mol. The van der Waals surface area contributed by atoms with Crippen molar-refractivity contribution in [2.75, 3.05) is 7.05 Å². The van der Waals surface area contributed by atoms with Crippen LogP contribution in [0.4, 0.5) is 0 Å². The van der Waals surface area contributed by atoms with Crippen LogP contribution in [0.25, 0.3) is 0 Å². The molecule has 0 heterocycles. The normalized spacial score (nSPS) is 10.3. The molecule has 0 spiro atoms. The molecule has 104 valence electrons. The highest BCUT2D eigenvalue weighted by Crippen LogP contribution is 2.21. The van der Waals surface area contributed by atoms with Gasteiger partial charge in [-0.15, -0.1) is 0 Å². The van der Waals surface area contributed by atoms with Gasteiger partial charge in [0.1, 0.15) is 5.75 Å². The van der Waals surface area contributed by atoms with Crippen LogP contribution in [-0.2, 0) is 6.54 Å². The van der Waals surface area contributed by atoms with Crippen molar-refractivity contribution in [2.24, 2.45) is 0 Å². The number of carbonyl (C=O) groups is 1. The zero-order valence-corrected chi connectivity index (χ0v) is 13.0. The molecule has 1 amide bonds. The highest BCUT2D eigenvalue weighted by atomic mass is 79.9. The zero-order valence-electron chi connectivity index (χ0n) is 11.4. The molecule has 1 N–H and O–H groups in total. The highest BCUT2D eigenvalue weighted by Gasteiger charge is 2.15. The predicted molar refractivity (Wildman–Crippen MR) is 82.8 cm³/mol. The number of hydrogen-bond acceptors (Lipinski definition) is 2. The van der Waals surface area contributed by atoms with Gasteiger partial charge in [0.2, 0.25) is 0 Å². The van der Waals surface area contributed by atoms with Gasteiger partial charge >= 0.3 is 0 Å². The number of hydrogen-bond donors (Lipinski definition) is 1. The van der Waals surface area contributed by atoms with Gasteiger partial charge in [0.25, 0.3) is 5.91 Å². The van der Waals surface area contributed by atoms with Crippen LogP contribution < -0.4 is 0 Å². The minimum absolute atomic E-state index is 0.0519. The fourth-order valence-electron chi connectivity index (χ4n) is 2.01. The van der Waals surface area contributed by atoms with Crippen LogP contribution in [0.2, 0.25) is 0 Å². The first-order valence-electron chi connectivity index (χ1n) is 6.27. The molecule has 0 radical (unpaired) electrons. The largest absolute Gasteiger partial charge is 0.508 e. The second-order valence-corrected chi connectivity index (χ2v) is 5.67. The molecule has 2 aromatic carbocycles. The molecule has 3 nitrogen and oxygen atoms in total. The van der Waals surface area contributed by atoms with Gasteiger partial charge in [-0.05, 0) is 52.7 Å². The number of phenolic OH excluding ortho intramolecular Hbond substituents is 1. The van der Waals surface area contributed by atoms with Crippen LogP contribution in [-0.4, -0.2) is 23.0 Å². The van der Waals surface area contributed by atoms with Crippen LogP contribution in [0.3, 0.4) is 0 Å². The maximum atomic E-state index is 12.4. The van der Waals surface area contributed by atoms with E-state index >= 15 is 0 Å². The van der Waals surface area contributed by atoms with E-state index in [4.69, 9.17) is 0 Å². The lowest BCUT2D eigenvalue weighted by atomic mass is 10.1. The van der Waals surface area contributed by atoms with Crippen LogP contribution in [0, 0.1) is 6.92 Å². The molecule has 2 rings (SSSR count). The van der Waals surface area contributed by atoms with E-state index in [1.165, 1.54) is 0 Å². The predicted octanol–water partition coefficient (Wildman–Crippen LogP) is 3.74. The van der Waals surface area contributed by atoms with Gasteiger partial charge in [0.15, 0.2) is 0 Å². The van der Waals surface area contributed by atoms with E-state index in [1.807, 2.05) is 31.2 Å². The van der Waals surface area contributed by atoms with E-state index in [0.717, 1.165) is 15.6 Å². The molecule has 0 fully saturated rings. The Balaban J connectivity index is 2.18. The van der Waals surface area contributed by atoms with Crippen molar-refractivity contribution in [2.45, 2.75) is 13.5 Å². The molecule has 0 saturated heterocycles. The Morgan fingerprint density at radius 1 is 1.25 bits per heavy atom. The van der Waals surface area contributed by atoms with Crippen LogP contribution >= 0.6 is 15.9 Å². The molecule has 0 saturated carbocycles. The smallest absolute Gasteiger partial charge is 0.255 e.